The van der Waals surface area contributed by atoms with Crippen LogP contribution in [0.1, 0.15) is 24.1 Å². The van der Waals surface area contributed by atoms with E-state index in [1.807, 2.05) is 25.3 Å². The molecular formula is C15H16ClFN2. The van der Waals surface area contributed by atoms with E-state index >= 15 is 0 Å². The summed E-state index contributed by atoms with van der Waals surface area (Å²) in [6.45, 7) is 2.87. The van der Waals surface area contributed by atoms with E-state index in [4.69, 9.17) is 11.6 Å². The zero-order valence-electron chi connectivity index (χ0n) is 10.7. The molecule has 0 fully saturated rings. The van der Waals surface area contributed by atoms with Gasteiger partial charge in [-0.1, -0.05) is 23.7 Å². The molecule has 0 saturated carbocycles. The van der Waals surface area contributed by atoms with Crippen LogP contribution in [0, 0.1) is 5.82 Å². The van der Waals surface area contributed by atoms with Crippen molar-refractivity contribution in [2.24, 2.45) is 0 Å². The molecule has 0 aliphatic rings. The highest BCUT2D eigenvalue weighted by molar-refractivity contribution is 6.30. The fraction of sp³-hybridized carbons (Fsp3) is 0.267. The van der Waals surface area contributed by atoms with Crippen molar-refractivity contribution in [1.82, 2.24) is 10.3 Å². The Hall–Kier alpha value is -1.45. The molecule has 0 saturated heterocycles. The van der Waals surface area contributed by atoms with E-state index in [1.165, 1.54) is 11.6 Å². The average Bonchev–Trinajstić information content (AvgIpc) is 2.43. The number of pyridine rings is 1. The van der Waals surface area contributed by atoms with E-state index in [0.717, 1.165) is 18.5 Å². The van der Waals surface area contributed by atoms with Crippen LogP contribution >= 0.6 is 11.6 Å². The third kappa shape index (κ3) is 4.01. The molecule has 100 valence electrons. The molecular weight excluding hydrogens is 263 g/mol. The molecule has 1 aromatic carbocycles. The Kier molecular flexibility index (Phi) is 4.88. The molecule has 1 unspecified atom stereocenters. The molecule has 0 bridgehead atoms. The standard InChI is InChI=1S/C15H16ClFN2/c1-11(13-4-5-15(17)14(16)9-13)19-8-6-12-3-2-7-18-10-12/h2-5,7,9-11,19H,6,8H2,1H3. The van der Waals surface area contributed by atoms with Crippen molar-refractivity contribution < 1.29 is 4.39 Å². The molecule has 0 aliphatic heterocycles. The van der Waals surface area contributed by atoms with E-state index in [9.17, 15) is 4.39 Å². The second-order valence-electron chi connectivity index (χ2n) is 4.46. The molecule has 0 spiro atoms. The number of halogens is 2. The van der Waals surface area contributed by atoms with Gasteiger partial charge in [-0.2, -0.15) is 0 Å². The van der Waals surface area contributed by atoms with Gasteiger partial charge in [-0.3, -0.25) is 4.98 Å². The van der Waals surface area contributed by atoms with Gasteiger partial charge in [0.15, 0.2) is 0 Å². The summed E-state index contributed by atoms with van der Waals surface area (Å²) in [7, 11) is 0. The van der Waals surface area contributed by atoms with Crippen molar-refractivity contribution in [3.8, 4) is 0 Å². The summed E-state index contributed by atoms with van der Waals surface area (Å²) in [5.74, 6) is -0.382. The summed E-state index contributed by atoms with van der Waals surface area (Å²) in [5, 5.41) is 3.55. The molecule has 4 heteroatoms. The van der Waals surface area contributed by atoms with Gasteiger partial charge < -0.3 is 5.32 Å². The van der Waals surface area contributed by atoms with Gasteiger partial charge in [0.2, 0.25) is 0 Å². The molecule has 2 aromatic rings. The van der Waals surface area contributed by atoms with Crippen molar-refractivity contribution in [1.29, 1.82) is 0 Å². The van der Waals surface area contributed by atoms with Crippen LogP contribution in [0.3, 0.4) is 0 Å². The topological polar surface area (TPSA) is 24.9 Å². The number of nitrogens with zero attached hydrogens (tertiary/aromatic N) is 1. The van der Waals surface area contributed by atoms with Crippen LogP contribution in [0.2, 0.25) is 5.02 Å². The predicted molar refractivity (Wildman–Crippen MR) is 75.8 cm³/mol. The Morgan fingerprint density at radius 3 is 2.89 bits per heavy atom. The van der Waals surface area contributed by atoms with Gasteiger partial charge in [0.1, 0.15) is 5.82 Å². The second-order valence-corrected chi connectivity index (χ2v) is 4.87. The summed E-state index contributed by atoms with van der Waals surface area (Å²) in [6, 6.07) is 8.93. The summed E-state index contributed by atoms with van der Waals surface area (Å²) in [6.07, 6.45) is 4.54. The van der Waals surface area contributed by atoms with Crippen LogP contribution in [0.4, 0.5) is 4.39 Å². The number of hydrogen-bond acceptors (Lipinski definition) is 2. The molecule has 0 amide bonds. The van der Waals surface area contributed by atoms with Gasteiger partial charge in [0, 0.05) is 18.4 Å². The Labute approximate surface area is 117 Å². The highest BCUT2D eigenvalue weighted by Gasteiger charge is 2.07. The minimum Gasteiger partial charge on any atom is -0.310 e. The summed E-state index contributed by atoms with van der Waals surface area (Å²) < 4.78 is 13.1. The minimum atomic E-state index is -0.382. The third-order valence-corrected chi connectivity index (χ3v) is 3.32. The number of benzene rings is 1. The molecule has 0 aliphatic carbocycles. The largest absolute Gasteiger partial charge is 0.310 e. The van der Waals surface area contributed by atoms with Gasteiger partial charge in [0.25, 0.3) is 0 Å². The molecule has 19 heavy (non-hydrogen) atoms. The first kappa shape index (κ1) is 14.0. The Morgan fingerprint density at radius 2 is 2.21 bits per heavy atom. The maximum Gasteiger partial charge on any atom is 0.141 e. The monoisotopic (exact) mass is 278 g/mol. The normalized spacial score (nSPS) is 12.4. The Balaban J connectivity index is 1.87. The molecule has 1 atom stereocenters. The van der Waals surface area contributed by atoms with Crippen LogP contribution in [0.25, 0.3) is 0 Å². The molecule has 2 rings (SSSR count). The quantitative estimate of drug-likeness (QED) is 0.901. The van der Waals surface area contributed by atoms with Gasteiger partial charge in [-0.25, -0.2) is 4.39 Å². The van der Waals surface area contributed by atoms with Gasteiger partial charge in [-0.15, -0.1) is 0 Å². The lowest BCUT2D eigenvalue weighted by Crippen LogP contribution is -2.21. The van der Waals surface area contributed by atoms with E-state index in [1.54, 1.807) is 18.3 Å². The fourth-order valence-corrected chi connectivity index (χ4v) is 2.07. The van der Waals surface area contributed by atoms with Crippen molar-refractivity contribution in [3.05, 3.63) is 64.7 Å². The van der Waals surface area contributed by atoms with Crippen LogP contribution < -0.4 is 5.32 Å². The first-order chi connectivity index (χ1) is 9.16. The highest BCUT2D eigenvalue weighted by Crippen LogP contribution is 2.20. The molecule has 1 heterocycles. The lowest BCUT2D eigenvalue weighted by atomic mass is 10.1. The number of nitrogens with one attached hydrogen (secondary N) is 1. The zero-order valence-corrected chi connectivity index (χ0v) is 11.5. The van der Waals surface area contributed by atoms with E-state index in [2.05, 4.69) is 10.3 Å². The van der Waals surface area contributed by atoms with E-state index in [-0.39, 0.29) is 16.9 Å². The first-order valence-electron chi connectivity index (χ1n) is 6.24. The zero-order chi connectivity index (χ0) is 13.7. The average molecular weight is 279 g/mol. The molecule has 0 radical (unpaired) electrons. The molecule has 1 N–H and O–H groups in total. The Morgan fingerprint density at radius 1 is 1.37 bits per heavy atom. The number of aromatic nitrogens is 1. The van der Waals surface area contributed by atoms with Crippen molar-refractivity contribution >= 4 is 11.6 Å². The van der Waals surface area contributed by atoms with E-state index < -0.39 is 0 Å². The van der Waals surface area contributed by atoms with Crippen molar-refractivity contribution in [2.75, 3.05) is 6.54 Å². The Bertz CT molecular complexity index is 531. The SMILES string of the molecule is CC(NCCc1cccnc1)c1ccc(F)c(Cl)c1. The van der Waals surface area contributed by atoms with Gasteiger partial charge in [0.05, 0.1) is 5.02 Å². The number of rotatable bonds is 5. The van der Waals surface area contributed by atoms with Gasteiger partial charge >= 0.3 is 0 Å². The fourth-order valence-electron chi connectivity index (χ4n) is 1.88. The van der Waals surface area contributed by atoms with Crippen molar-refractivity contribution in [3.63, 3.8) is 0 Å². The van der Waals surface area contributed by atoms with Gasteiger partial charge in [-0.05, 0) is 49.2 Å². The van der Waals surface area contributed by atoms with Crippen LogP contribution in [0.15, 0.2) is 42.7 Å². The van der Waals surface area contributed by atoms with E-state index in [0.29, 0.717) is 0 Å². The lowest BCUT2D eigenvalue weighted by Gasteiger charge is -2.14. The molecule has 2 nitrogen and oxygen atoms in total. The second kappa shape index (κ2) is 6.64. The van der Waals surface area contributed by atoms with Crippen LogP contribution in [0.5, 0.6) is 0 Å². The summed E-state index contributed by atoms with van der Waals surface area (Å²) >= 11 is 5.78. The minimum absolute atomic E-state index is 0.134. The van der Waals surface area contributed by atoms with Crippen LogP contribution in [-0.2, 0) is 6.42 Å². The molecule has 1 aromatic heterocycles. The number of hydrogen-bond donors (Lipinski definition) is 1. The van der Waals surface area contributed by atoms with Crippen molar-refractivity contribution in [2.45, 2.75) is 19.4 Å². The summed E-state index contributed by atoms with van der Waals surface area (Å²) in [4.78, 5) is 4.08. The maximum absolute atomic E-state index is 13.1. The summed E-state index contributed by atoms with van der Waals surface area (Å²) in [5.41, 5.74) is 2.18. The first-order valence-corrected chi connectivity index (χ1v) is 6.62. The predicted octanol–water partition coefficient (Wildman–Crippen LogP) is 3.77. The van der Waals surface area contributed by atoms with Crippen LogP contribution in [-0.4, -0.2) is 11.5 Å². The highest BCUT2D eigenvalue weighted by atomic mass is 35.5. The maximum atomic E-state index is 13.1. The third-order valence-electron chi connectivity index (χ3n) is 3.03. The smallest absolute Gasteiger partial charge is 0.141 e. The lowest BCUT2D eigenvalue weighted by molar-refractivity contribution is 0.573.